The molecule has 11 heteroatoms. The van der Waals surface area contributed by atoms with E-state index >= 15 is 0 Å². The van der Waals surface area contributed by atoms with Crippen molar-refractivity contribution in [3.05, 3.63) is 71.4 Å². The Labute approximate surface area is 245 Å². The number of alkyl halides is 3. The molecule has 0 bridgehead atoms. The Hall–Kier alpha value is -4.41. The van der Waals surface area contributed by atoms with Gasteiger partial charge in [-0.1, -0.05) is 17.3 Å². The van der Waals surface area contributed by atoms with Crippen molar-refractivity contribution in [1.29, 1.82) is 0 Å². The summed E-state index contributed by atoms with van der Waals surface area (Å²) in [6.07, 6.45) is 7.36. The van der Waals surface area contributed by atoms with Crippen LogP contribution in [0.1, 0.15) is 71.8 Å². The summed E-state index contributed by atoms with van der Waals surface area (Å²) in [6.45, 7) is 1.57. The van der Waals surface area contributed by atoms with E-state index in [1.807, 2.05) is 24.3 Å². The summed E-state index contributed by atoms with van der Waals surface area (Å²) in [7, 11) is 0. The van der Waals surface area contributed by atoms with Gasteiger partial charge in [0.25, 0.3) is 0 Å². The molecule has 1 saturated heterocycles. The normalized spacial score (nSPS) is 18.1. The first-order chi connectivity index (χ1) is 20.7. The number of hydrogen-bond donors (Lipinski definition) is 1. The minimum Gasteiger partial charge on any atom is -0.490 e. The van der Waals surface area contributed by atoms with Gasteiger partial charge in [0.15, 0.2) is 5.69 Å². The van der Waals surface area contributed by atoms with Crippen LogP contribution in [0.2, 0.25) is 0 Å². The Morgan fingerprint density at radius 3 is 2.56 bits per heavy atom. The number of ether oxygens (including phenoxy) is 1. The number of halogens is 3. The standard InChI is InChI=1S/C32H29F3N4O4/c33-32(34,35)25-9-12-36-17-24(25)29-22(30(43-38-29)19-2-3-19)7-1-18-10-13-39(14-11-18)20-4-8-26-23(15-20)28(42-21-5-6-21)16-27(37-26)31(40)41/h1,4,7-9,12,15-19,21H,2-3,5-6,10-11,13-14H2,(H,40,41)/b7-1+. The number of allylic oxidation sites excluding steroid dienone is 1. The zero-order chi connectivity index (χ0) is 29.7. The number of aromatic nitrogens is 3. The number of aromatic carboxylic acids is 1. The lowest BCUT2D eigenvalue weighted by molar-refractivity contribution is -0.137. The van der Waals surface area contributed by atoms with Crippen LogP contribution in [0.4, 0.5) is 18.9 Å². The third-order valence-electron chi connectivity index (χ3n) is 8.32. The smallest absolute Gasteiger partial charge is 0.417 e. The topological polar surface area (TPSA) is 102 Å². The second-order valence-corrected chi connectivity index (χ2v) is 11.5. The van der Waals surface area contributed by atoms with Gasteiger partial charge in [0.1, 0.15) is 17.2 Å². The van der Waals surface area contributed by atoms with E-state index in [2.05, 4.69) is 26.1 Å². The molecule has 0 amide bonds. The number of hydrogen-bond acceptors (Lipinski definition) is 7. The van der Waals surface area contributed by atoms with Crippen LogP contribution in [0.25, 0.3) is 28.2 Å². The van der Waals surface area contributed by atoms with E-state index < -0.39 is 17.7 Å². The molecule has 222 valence electrons. The van der Waals surface area contributed by atoms with Gasteiger partial charge >= 0.3 is 12.1 Å². The molecular formula is C32H29F3N4O4. The van der Waals surface area contributed by atoms with Crippen molar-refractivity contribution in [2.75, 3.05) is 18.0 Å². The minimum absolute atomic E-state index is 0.0394. The monoisotopic (exact) mass is 590 g/mol. The molecule has 2 saturated carbocycles. The summed E-state index contributed by atoms with van der Waals surface area (Å²) in [5.41, 5.74) is 1.47. The first kappa shape index (κ1) is 27.4. The second kappa shape index (κ2) is 10.7. The second-order valence-electron chi connectivity index (χ2n) is 11.5. The van der Waals surface area contributed by atoms with Crippen LogP contribution in [-0.2, 0) is 6.18 Å². The summed E-state index contributed by atoms with van der Waals surface area (Å²) in [5.74, 6) is 0.502. The number of rotatable bonds is 8. The molecule has 3 fully saturated rings. The molecule has 43 heavy (non-hydrogen) atoms. The molecular weight excluding hydrogens is 561 g/mol. The molecule has 8 nitrogen and oxygen atoms in total. The molecule has 0 spiro atoms. The first-order valence-corrected chi connectivity index (χ1v) is 14.5. The molecule has 0 unspecified atom stereocenters. The van der Waals surface area contributed by atoms with Crippen molar-refractivity contribution in [3.63, 3.8) is 0 Å². The zero-order valence-corrected chi connectivity index (χ0v) is 23.2. The number of anilines is 1. The van der Waals surface area contributed by atoms with Crippen molar-refractivity contribution in [1.82, 2.24) is 15.1 Å². The Morgan fingerprint density at radius 1 is 1.07 bits per heavy atom. The van der Waals surface area contributed by atoms with Crippen molar-refractivity contribution in [2.24, 2.45) is 5.92 Å². The van der Waals surface area contributed by atoms with E-state index in [1.54, 1.807) is 0 Å². The third-order valence-corrected chi connectivity index (χ3v) is 8.32. The molecule has 0 radical (unpaired) electrons. The van der Waals surface area contributed by atoms with E-state index in [9.17, 15) is 23.1 Å². The molecule has 2 aliphatic carbocycles. The van der Waals surface area contributed by atoms with Crippen LogP contribution < -0.4 is 9.64 Å². The van der Waals surface area contributed by atoms with Gasteiger partial charge in [-0.25, -0.2) is 9.78 Å². The maximum Gasteiger partial charge on any atom is 0.417 e. The highest BCUT2D eigenvalue weighted by atomic mass is 19.4. The molecule has 3 aliphatic rings. The van der Waals surface area contributed by atoms with Crippen LogP contribution in [0.5, 0.6) is 5.75 Å². The lowest BCUT2D eigenvalue weighted by Crippen LogP contribution is -2.33. The number of carbonyl (C=O) groups is 1. The fourth-order valence-electron chi connectivity index (χ4n) is 5.67. The van der Waals surface area contributed by atoms with E-state index in [1.165, 1.54) is 12.3 Å². The average Bonchev–Trinajstić information content (AvgIpc) is 3.95. The largest absolute Gasteiger partial charge is 0.490 e. The zero-order valence-electron chi connectivity index (χ0n) is 23.2. The van der Waals surface area contributed by atoms with E-state index in [0.29, 0.717) is 22.6 Å². The Morgan fingerprint density at radius 2 is 1.86 bits per heavy atom. The summed E-state index contributed by atoms with van der Waals surface area (Å²) in [4.78, 5) is 22.1. The first-order valence-electron chi connectivity index (χ1n) is 14.5. The van der Waals surface area contributed by atoms with Gasteiger partial charge in [-0.2, -0.15) is 13.2 Å². The highest BCUT2D eigenvalue weighted by Crippen LogP contribution is 2.46. The molecule has 7 rings (SSSR count). The molecule has 1 aliphatic heterocycles. The lowest BCUT2D eigenvalue weighted by atomic mass is 9.94. The van der Waals surface area contributed by atoms with Crippen LogP contribution in [0.3, 0.4) is 0 Å². The van der Waals surface area contributed by atoms with Crippen molar-refractivity contribution < 1.29 is 32.3 Å². The SMILES string of the molecule is O=C(O)c1cc(OC2CC2)c2cc(N3CCC(/C=C/c4c(-c5cnccc5C(F)(F)F)noc4C4CC4)CC3)ccc2n1. The third kappa shape index (κ3) is 5.68. The molecule has 1 N–H and O–H groups in total. The quantitative estimate of drug-likeness (QED) is 0.227. The molecule has 4 heterocycles. The number of benzene rings is 1. The Kier molecular flexibility index (Phi) is 6.82. The van der Waals surface area contributed by atoms with E-state index in [-0.39, 0.29) is 34.9 Å². The molecule has 4 aromatic rings. The van der Waals surface area contributed by atoms with Gasteiger partial charge in [0.05, 0.1) is 17.2 Å². The number of nitrogens with zero attached hydrogens (tertiary/aromatic N) is 4. The maximum atomic E-state index is 13.8. The Bertz CT molecular complexity index is 1720. The van der Waals surface area contributed by atoms with Crippen molar-refractivity contribution in [3.8, 4) is 17.0 Å². The Balaban J connectivity index is 1.10. The van der Waals surface area contributed by atoms with Gasteiger partial charge in [-0.15, -0.1) is 0 Å². The highest BCUT2D eigenvalue weighted by molar-refractivity contribution is 5.94. The molecule has 1 aromatic carbocycles. The molecule has 3 aromatic heterocycles. The van der Waals surface area contributed by atoms with Gasteiger partial charge < -0.3 is 19.3 Å². The number of pyridine rings is 2. The van der Waals surface area contributed by atoms with Crippen LogP contribution in [0.15, 0.2) is 53.3 Å². The van der Waals surface area contributed by atoms with Gasteiger partial charge in [0.2, 0.25) is 0 Å². The van der Waals surface area contributed by atoms with Gasteiger partial charge in [-0.05, 0) is 68.7 Å². The predicted octanol–water partition coefficient (Wildman–Crippen LogP) is 7.35. The van der Waals surface area contributed by atoms with Crippen LogP contribution in [-0.4, -0.2) is 45.4 Å². The van der Waals surface area contributed by atoms with E-state index in [4.69, 9.17) is 9.26 Å². The average molecular weight is 591 g/mol. The summed E-state index contributed by atoms with van der Waals surface area (Å²) >= 11 is 0. The summed E-state index contributed by atoms with van der Waals surface area (Å²) < 4.78 is 53.0. The summed E-state index contributed by atoms with van der Waals surface area (Å²) in [6, 6.07) is 8.28. The van der Waals surface area contributed by atoms with E-state index in [0.717, 1.165) is 75.0 Å². The van der Waals surface area contributed by atoms with Crippen molar-refractivity contribution in [2.45, 2.75) is 56.7 Å². The van der Waals surface area contributed by atoms with Crippen LogP contribution in [0, 0.1) is 5.92 Å². The fourth-order valence-corrected chi connectivity index (χ4v) is 5.67. The fraction of sp³-hybridized carbons (Fsp3) is 0.375. The predicted molar refractivity (Wildman–Crippen MR) is 153 cm³/mol. The number of carboxylic acids is 1. The van der Waals surface area contributed by atoms with Crippen LogP contribution >= 0.6 is 0 Å². The number of fused-ring (bicyclic) bond motifs is 1. The van der Waals surface area contributed by atoms with Gasteiger partial charge in [-0.3, -0.25) is 4.98 Å². The number of carboxylic acid groups (broad SMARTS) is 1. The minimum atomic E-state index is -4.53. The highest BCUT2D eigenvalue weighted by Gasteiger charge is 2.37. The molecule has 0 atom stereocenters. The van der Waals surface area contributed by atoms with Gasteiger partial charge in [0, 0.05) is 59.7 Å². The van der Waals surface area contributed by atoms with Crippen molar-refractivity contribution >= 4 is 28.6 Å². The lowest BCUT2D eigenvalue weighted by Gasteiger charge is -2.32. The maximum absolute atomic E-state index is 13.8. The summed E-state index contributed by atoms with van der Waals surface area (Å²) in [5, 5.41) is 14.4. The number of piperidine rings is 1.